The van der Waals surface area contributed by atoms with Crippen molar-refractivity contribution in [3.63, 3.8) is 0 Å². The predicted molar refractivity (Wildman–Crippen MR) is 138 cm³/mol. The number of hydrazone groups is 1. The fourth-order valence-electron chi connectivity index (χ4n) is 4.78. The highest BCUT2D eigenvalue weighted by Gasteiger charge is 2.36. The van der Waals surface area contributed by atoms with Crippen LogP contribution in [-0.4, -0.2) is 68.0 Å². The number of halogens is 1. The Morgan fingerprint density at radius 2 is 1.83 bits per heavy atom. The molecule has 2 aliphatic rings. The van der Waals surface area contributed by atoms with E-state index in [4.69, 9.17) is 30.9 Å². The minimum atomic E-state index is -0.329. The SMILES string of the molecule is CCOC(=O)C1CCN(CC(=O)N2N=C(c3ccc(OC)cc3OC)C[C@@H]2c2ccccc2Cl)CC1. The van der Waals surface area contributed by atoms with Crippen LogP contribution >= 0.6 is 11.6 Å². The number of methoxy groups -OCH3 is 2. The van der Waals surface area contributed by atoms with Crippen molar-refractivity contribution < 1.29 is 23.8 Å². The van der Waals surface area contributed by atoms with Gasteiger partial charge < -0.3 is 14.2 Å². The summed E-state index contributed by atoms with van der Waals surface area (Å²) in [6.07, 6.45) is 1.86. The number of piperidine rings is 1. The van der Waals surface area contributed by atoms with Crippen molar-refractivity contribution in [3.8, 4) is 11.5 Å². The van der Waals surface area contributed by atoms with Gasteiger partial charge in [0.1, 0.15) is 11.5 Å². The van der Waals surface area contributed by atoms with Gasteiger partial charge in [-0.2, -0.15) is 5.10 Å². The van der Waals surface area contributed by atoms with Crippen molar-refractivity contribution in [2.45, 2.75) is 32.2 Å². The van der Waals surface area contributed by atoms with Crippen LogP contribution in [0, 0.1) is 5.92 Å². The normalized spacial score (nSPS) is 18.6. The van der Waals surface area contributed by atoms with E-state index >= 15 is 0 Å². The number of hydrogen-bond donors (Lipinski definition) is 0. The summed E-state index contributed by atoms with van der Waals surface area (Å²) in [6, 6.07) is 12.8. The van der Waals surface area contributed by atoms with Gasteiger partial charge in [-0.15, -0.1) is 0 Å². The molecule has 2 aromatic rings. The molecule has 0 aliphatic carbocycles. The van der Waals surface area contributed by atoms with Crippen LogP contribution in [0.1, 0.15) is 43.4 Å². The Kier molecular flexibility index (Phi) is 8.48. The van der Waals surface area contributed by atoms with Crippen molar-refractivity contribution in [2.24, 2.45) is 11.0 Å². The van der Waals surface area contributed by atoms with Crippen LogP contribution in [-0.2, 0) is 14.3 Å². The maximum Gasteiger partial charge on any atom is 0.309 e. The Hall–Kier alpha value is -3.10. The molecule has 36 heavy (non-hydrogen) atoms. The summed E-state index contributed by atoms with van der Waals surface area (Å²) < 4.78 is 16.1. The average Bonchev–Trinajstić information content (AvgIpc) is 3.34. The van der Waals surface area contributed by atoms with Crippen LogP contribution in [0.5, 0.6) is 11.5 Å². The van der Waals surface area contributed by atoms with Gasteiger partial charge in [0.05, 0.1) is 45.0 Å². The number of nitrogens with zero attached hydrogens (tertiary/aromatic N) is 3. The third-order valence-electron chi connectivity index (χ3n) is 6.72. The third kappa shape index (κ3) is 5.65. The second kappa shape index (κ2) is 11.8. The van der Waals surface area contributed by atoms with Crippen LogP contribution < -0.4 is 9.47 Å². The second-order valence-corrected chi connectivity index (χ2v) is 9.30. The van der Waals surface area contributed by atoms with Gasteiger partial charge in [-0.05, 0) is 56.6 Å². The molecule has 2 aliphatic heterocycles. The smallest absolute Gasteiger partial charge is 0.309 e. The first kappa shape index (κ1) is 26.0. The fraction of sp³-hybridized carbons (Fsp3) is 0.444. The molecule has 1 atom stereocenters. The van der Waals surface area contributed by atoms with E-state index in [1.807, 2.05) is 43.3 Å². The van der Waals surface area contributed by atoms with Crippen molar-refractivity contribution in [1.82, 2.24) is 9.91 Å². The summed E-state index contributed by atoms with van der Waals surface area (Å²) in [5.41, 5.74) is 2.40. The van der Waals surface area contributed by atoms with E-state index in [0.717, 1.165) is 16.8 Å². The maximum atomic E-state index is 13.5. The molecule has 192 valence electrons. The zero-order valence-electron chi connectivity index (χ0n) is 20.9. The minimum absolute atomic E-state index is 0.105. The zero-order valence-corrected chi connectivity index (χ0v) is 21.7. The van der Waals surface area contributed by atoms with Crippen LogP contribution in [0.4, 0.5) is 0 Å². The van der Waals surface area contributed by atoms with Gasteiger partial charge in [-0.3, -0.25) is 14.5 Å². The number of esters is 1. The van der Waals surface area contributed by atoms with E-state index in [1.165, 1.54) is 0 Å². The molecule has 4 rings (SSSR count). The first-order valence-corrected chi connectivity index (χ1v) is 12.6. The summed E-state index contributed by atoms with van der Waals surface area (Å²) in [7, 11) is 3.20. The molecule has 8 nitrogen and oxygen atoms in total. The monoisotopic (exact) mass is 513 g/mol. The lowest BCUT2D eigenvalue weighted by Gasteiger charge is -2.32. The molecule has 2 heterocycles. The summed E-state index contributed by atoms with van der Waals surface area (Å²) in [4.78, 5) is 27.7. The number of hydrogen-bond acceptors (Lipinski definition) is 7. The Labute approximate surface area is 216 Å². The van der Waals surface area contributed by atoms with Gasteiger partial charge in [0.2, 0.25) is 0 Å². The number of rotatable bonds is 8. The van der Waals surface area contributed by atoms with Gasteiger partial charge in [0.15, 0.2) is 0 Å². The summed E-state index contributed by atoms with van der Waals surface area (Å²) in [5.74, 6) is 0.935. The van der Waals surface area contributed by atoms with Crippen LogP contribution in [0.25, 0.3) is 0 Å². The highest BCUT2D eigenvalue weighted by molar-refractivity contribution is 6.31. The van der Waals surface area contributed by atoms with E-state index in [2.05, 4.69) is 4.90 Å². The molecule has 0 radical (unpaired) electrons. The first-order valence-electron chi connectivity index (χ1n) is 12.2. The first-order chi connectivity index (χ1) is 17.4. The van der Waals surface area contributed by atoms with Crippen molar-refractivity contribution in [2.75, 3.05) is 40.5 Å². The number of benzene rings is 2. The van der Waals surface area contributed by atoms with Gasteiger partial charge in [-0.1, -0.05) is 29.8 Å². The Balaban J connectivity index is 1.55. The molecule has 2 aromatic carbocycles. The van der Waals surface area contributed by atoms with E-state index in [1.54, 1.807) is 25.3 Å². The average molecular weight is 514 g/mol. The quantitative estimate of drug-likeness (QED) is 0.489. The summed E-state index contributed by atoms with van der Waals surface area (Å²) >= 11 is 6.55. The molecule has 0 saturated carbocycles. The van der Waals surface area contributed by atoms with Gasteiger partial charge in [0, 0.05) is 23.1 Å². The fourth-order valence-corrected chi connectivity index (χ4v) is 5.04. The Morgan fingerprint density at radius 1 is 1.08 bits per heavy atom. The Bertz CT molecular complexity index is 1130. The number of carbonyl (C=O) groups excluding carboxylic acids is 2. The zero-order chi connectivity index (χ0) is 25.7. The molecular weight excluding hydrogens is 482 g/mol. The molecule has 0 aromatic heterocycles. The molecule has 9 heteroatoms. The highest BCUT2D eigenvalue weighted by Crippen LogP contribution is 2.38. The lowest BCUT2D eigenvalue weighted by molar-refractivity contribution is -0.149. The number of likely N-dealkylation sites (tertiary alicyclic amines) is 1. The largest absolute Gasteiger partial charge is 0.497 e. The van der Waals surface area contributed by atoms with Crippen LogP contribution in [0.2, 0.25) is 5.02 Å². The Morgan fingerprint density at radius 3 is 2.50 bits per heavy atom. The van der Waals surface area contributed by atoms with Crippen molar-refractivity contribution in [1.29, 1.82) is 0 Å². The number of carbonyl (C=O) groups is 2. The minimum Gasteiger partial charge on any atom is -0.497 e. The number of amides is 1. The number of ether oxygens (including phenoxy) is 3. The van der Waals surface area contributed by atoms with Gasteiger partial charge >= 0.3 is 5.97 Å². The summed E-state index contributed by atoms with van der Waals surface area (Å²) in [5, 5.41) is 6.92. The second-order valence-electron chi connectivity index (χ2n) is 8.90. The highest BCUT2D eigenvalue weighted by atomic mass is 35.5. The molecule has 0 unspecified atom stereocenters. The van der Waals surface area contributed by atoms with Crippen molar-refractivity contribution >= 4 is 29.2 Å². The lowest BCUT2D eigenvalue weighted by Crippen LogP contribution is -2.43. The topological polar surface area (TPSA) is 80.7 Å². The van der Waals surface area contributed by atoms with Crippen LogP contribution in [0.3, 0.4) is 0 Å². The summed E-state index contributed by atoms with van der Waals surface area (Å²) in [6.45, 7) is 3.72. The van der Waals surface area contributed by atoms with Crippen LogP contribution in [0.15, 0.2) is 47.6 Å². The molecule has 0 spiro atoms. The van der Waals surface area contributed by atoms with E-state index in [-0.39, 0.29) is 30.4 Å². The van der Waals surface area contributed by atoms with Gasteiger partial charge in [0.25, 0.3) is 5.91 Å². The van der Waals surface area contributed by atoms with E-state index in [0.29, 0.717) is 55.5 Å². The molecule has 0 bridgehead atoms. The molecule has 1 amide bonds. The lowest BCUT2D eigenvalue weighted by atomic mass is 9.96. The third-order valence-corrected chi connectivity index (χ3v) is 7.06. The molecule has 1 fully saturated rings. The van der Waals surface area contributed by atoms with E-state index in [9.17, 15) is 9.59 Å². The van der Waals surface area contributed by atoms with Crippen molar-refractivity contribution in [3.05, 3.63) is 58.6 Å². The molecule has 1 saturated heterocycles. The molecular formula is C27H32ClN3O5. The standard InChI is InChI=1S/C27H32ClN3O5/c1-4-36-27(33)18-11-13-30(14-12-18)17-26(32)31-24(20-7-5-6-8-22(20)28)16-23(29-31)21-10-9-19(34-2)15-25(21)35-3/h5-10,15,18,24H,4,11-14,16-17H2,1-3H3/t24-/m1/s1. The maximum absolute atomic E-state index is 13.5. The predicted octanol–water partition coefficient (Wildman–Crippen LogP) is 4.31. The molecule has 0 N–H and O–H groups in total. The van der Waals surface area contributed by atoms with E-state index < -0.39 is 0 Å². The van der Waals surface area contributed by atoms with Gasteiger partial charge in [-0.25, -0.2) is 5.01 Å².